The molecule has 0 bridgehead atoms. The third-order valence-corrected chi connectivity index (χ3v) is 7.65. The van der Waals surface area contributed by atoms with Crippen molar-refractivity contribution in [2.24, 2.45) is 5.92 Å². The third kappa shape index (κ3) is 4.44. The maximum atomic E-state index is 12.3. The topological polar surface area (TPSA) is 96.7 Å². The zero-order valence-corrected chi connectivity index (χ0v) is 17.4. The van der Waals surface area contributed by atoms with Crippen molar-refractivity contribution in [1.82, 2.24) is 24.2 Å². The lowest BCUT2D eigenvalue weighted by Crippen LogP contribution is -2.41. The molecule has 0 spiro atoms. The van der Waals surface area contributed by atoms with E-state index in [2.05, 4.69) is 22.4 Å². The van der Waals surface area contributed by atoms with Crippen molar-refractivity contribution in [3.8, 4) is 0 Å². The van der Waals surface area contributed by atoms with E-state index in [1.165, 1.54) is 44.5 Å². The Morgan fingerprint density at radius 1 is 1.30 bits per heavy atom. The van der Waals surface area contributed by atoms with Gasteiger partial charge < -0.3 is 5.32 Å². The van der Waals surface area contributed by atoms with Gasteiger partial charge in [0.05, 0.1) is 10.6 Å². The molecule has 0 radical (unpaired) electrons. The molecule has 2 aromatic heterocycles. The molecule has 0 aliphatic heterocycles. The Kier molecular flexibility index (Phi) is 6.07. The fourth-order valence-corrected chi connectivity index (χ4v) is 4.85. The maximum absolute atomic E-state index is 12.3. The molecule has 1 N–H and O–H groups in total. The minimum Gasteiger partial charge on any atom is -0.352 e. The van der Waals surface area contributed by atoms with Crippen molar-refractivity contribution in [3.63, 3.8) is 0 Å². The van der Waals surface area contributed by atoms with Crippen LogP contribution in [0.3, 0.4) is 0 Å². The van der Waals surface area contributed by atoms with Crippen LogP contribution in [0.4, 0.5) is 0 Å². The van der Waals surface area contributed by atoms with Crippen LogP contribution in [0.2, 0.25) is 0 Å². The maximum Gasteiger partial charge on any atom is 0.244 e. The molecule has 2 heterocycles. The summed E-state index contributed by atoms with van der Waals surface area (Å²) in [4.78, 5) is 12.5. The Morgan fingerprint density at radius 2 is 2.04 bits per heavy atom. The number of hydrogen-bond donors (Lipinski definition) is 1. The van der Waals surface area contributed by atoms with Crippen molar-refractivity contribution in [2.45, 2.75) is 48.7 Å². The van der Waals surface area contributed by atoms with Gasteiger partial charge >= 0.3 is 0 Å². The van der Waals surface area contributed by atoms with E-state index in [0.29, 0.717) is 16.7 Å². The van der Waals surface area contributed by atoms with E-state index in [9.17, 15) is 13.2 Å². The van der Waals surface area contributed by atoms with E-state index < -0.39 is 10.0 Å². The lowest BCUT2D eigenvalue weighted by molar-refractivity contribution is -0.119. The largest absolute Gasteiger partial charge is 0.352 e. The molecular weight excluding hydrogens is 386 g/mol. The summed E-state index contributed by atoms with van der Waals surface area (Å²) in [7, 11) is -0.583. The minimum atomic E-state index is -3.55. The summed E-state index contributed by atoms with van der Waals surface area (Å²) >= 11 is 1.25. The molecular formula is C17H25N5O3S2. The molecule has 3 rings (SSSR count). The second-order valence-electron chi connectivity index (χ2n) is 7.09. The van der Waals surface area contributed by atoms with E-state index >= 15 is 0 Å². The quantitative estimate of drug-likeness (QED) is 0.728. The van der Waals surface area contributed by atoms with Crippen LogP contribution in [0.25, 0.3) is 5.65 Å². The highest BCUT2D eigenvalue weighted by Gasteiger charge is 2.23. The van der Waals surface area contributed by atoms with Gasteiger partial charge in [0.1, 0.15) is 0 Å². The van der Waals surface area contributed by atoms with Crippen molar-refractivity contribution in [3.05, 3.63) is 18.3 Å². The Labute approximate surface area is 163 Å². The number of sulfonamides is 1. The molecule has 1 aliphatic rings. The Hall–Kier alpha value is -1.65. The second kappa shape index (κ2) is 8.15. The molecule has 0 saturated heterocycles. The summed E-state index contributed by atoms with van der Waals surface area (Å²) in [5, 5.41) is 11.7. The van der Waals surface area contributed by atoms with Crippen LogP contribution in [0.1, 0.15) is 32.6 Å². The first-order chi connectivity index (χ1) is 12.8. The molecule has 2 aromatic rings. The summed E-state index contributed by atoms with van der Waals surface area (Å²) in [6.07, 6.45) is 6.05. The number of amides is 1. The highest BCUT2D eigenvalue weighted by atomic mass is 32.2. The fourth-order valence-electron chi connectivity index (χ4n) is 3.22. The number of pyridine rings is 1. The number of carbonyl (C=O) groups is 1. The predicted octanol–water partition coefficient (Wildman–Crippen LogP) is 1.77. The zero-order valence-electron chi connectivity index (χ0n) is 15.8. The van der Waals surface area contributed by atoms with Gasteiger partial charge in [-0.15, -0.1) is 10.2 Å². The third-order valence-electron chi connectivity index (χ3n) is 4.91. The van der Waals surface area contributed by atoms with Gasteiger partial charge in [-0.2, -0.15) is 0 Å². The van der Waals surface area contributed by atoms with Crippen LogP contribution in [0.15, 0.2) is 28.4 Å². The van der Waals surface area contributed by atoms with E-state index in [0.717, 1.165) is 23.6 Å². The Balaban J connectivity index is 1.70. The monoisotopic (exact) mass is 411 g/mol. The first-order valence-electron chi connectivity index (χ1n) is 8.98. The summed E-state index contributed by atoms with van der Waals surface area (Å²) < 4.78 is 27.4. The van der Waals surface area contributed by atoms with E-state index in [-0.39, 0.29) is 22.6 Å². The van der Waals surface area contributed by atoms with Gasteiger partial charge in [0.15, 0.2) is 10.8 Å². The lowest BCUT2D eigenvalue weighted by Gasteiger charge is -2.29. The summed E-state index contributed by atoms with van der Waals surface area (Å²) in [5.41, 5.74) is 0.538. The highest BCUT2D eigenvalue weighted by molar-refractivity contribution is 7.99. The van der Waals surface area contributed by atoms with E-state index in [1.807, 2.05) is 0 Å². The SMILES string of the molecule is C[C@@H]1CCCC[C@H]1NC(=O)CSc1nnc2ccc(S(=O)(=O)N(C)C)cn12. The Morgan fingerprint density at radius 3 is 2.74 bits per heavy atom. The number of nitrogens with one attached hydrogen (secondary N) is 1. The number of thioether (sulfide) groups is 1. The van der Waals surface area contributed by atoms with E-state index in [4.69, 9.17) is 0 Å². The smallest absolute Gasteiger partial charge is 0.244 e. The van der Waals surface area contributed by atoms with Gasteiger partial charge in [-0.05, 0) is 30.9 Å². The first-order valence-corrected chi connectivity index (χ1v) is 11.4. The average molecular weight is 412 g/mol. The Bertz CT molecular complexity index is 926. The first kappa shape index (κ1) is 20.1. The molecule has 1 amide bonds. The average Bonchev–Trinajstić information content (AvgIpc) is 3.04. The highest BCUT2D eigenvalue weighted by Crippen LogP contribution is 2.24. The van der Waals surface area contributed by atoms with Crippen molar-refractivity contribution >= 4 is 33.3 Å². The van der Waals surface area contributed by atoms with Gasteiger partial charge in [0.25, 0.3) is 0 Å². The van der Waals surface area contributed by atoms with Gasteiger partial charge in [-0.3, -0.25) is 9.20 Å². The number of nitrogens with zero attached hydrogens (tertiary/aromatic N) is 4. The standard InChI is InChI=1S/C17H25N5O3S2/c1-12-6-4-5-7-14(12)18-16(23)11-26-17-20-19-15-9-8-13(10-22(15)17)27(24,25)21(2)3/h8-10,12,14H,4-7,11H2,1-3H3,(H,18,23)/t12-,14-/m1/s1. The molecule has 0 aromatic carbocycles. The molecule has 2 atom stereocenters. The van der Waals surface area contributed by atoms with Crippen molar-refractivity contribution in [2.75, 3.05) is 19.8 Å². The number of aromatic nitrogens is 3. The molecule has 1 saturated carbocycles. The summed E-state index contributed by atoms with van der Waals surface area (Å²) in [6, 6.07) is 3.35. The van der Waals surface area contributed by atoms with Crippen LogP contribution < -0.4 is 5.32 Å². The lowest BCUT2D eigenvalue weighted by atomic mass is 9.86. The second-order valence-corrected chi connectivity index (χ2v) is 10.2. The normalized spacial score (nSPS) is 20.9. The van der Waals surface area contributed by atoms with Crippen LogP contribution in [0, 0.1) is 5.92 Å². The number of hydrogen-bond acceptors (Lipinski definition) is 6. The van der Waals surface area contributed by atoms with Gasteiger partial charge in [0, 0.05) is 26.3 Å². The summed E-state index contributed by atoms with van der Waals surface area (Å²) in [6.45, 7) is 2.18. The van der Waals surface area contributed by atoms with Gasteiger partial charge in [-0.1, -0.05) is 31.5 Å². The number of carbonyl (C=O) groups excluding carboxylic acids is 1. The van der Waals surface area contributed by atoms with Crippen LogP contribution in [-0.2, 0) is 14.8 Å². The van der Waals surface area contributed by atoms with Gasteiger partial charge in [0.2, 0.25) is 15.9 Å². The summed E-state index contributed by atoms with van der Waals surface area (Å²) in [5.74, 6) is 0.683. The van der Waals surface area contributed by atoms with Crippen LogP contribution >= 0.6 is 11.8 Å². The molecule has 0 unspecified atom stereocenters. The number of rotatable bonds is 6. The molecule has 148 valence electrons. The van der Waals surface area contributed by atoms with Crippen molar-refractivity contribution < 1.29 is 13.2 Å². The molecule has 10 heteroatoms. The minimum absolute atomic E-state index is 0.0347. The van der Waals surface area contributed by atoms with Gasteiger partial charge in [-0.25, -0.2) is 12.7 Å². The predicted molar refractivity (Wildman–Crippen MR) is 104 cm³/mol. The molecule has 8 nitrogen and oxygen atoms in total. The van der Waals surface area contributed by atoms with Crippen LogP contribution in [0.5, 0.6) is 0 Å². The van der Waals surface area contributed by atoms with Crippen LogP contribution in [-0.4, -0.2) is 59.1 Å². The molecule has 1 fully saturated rings. The molecule has 27 heavy (non-hydrogen) atoms. The number of fused-ring (bicyclic) bond motifs is 1. The molecule has 1 aliphatic carbocycles. The van der Waals surface area contributed by atoms with Crippen molar-refractivity contribution in [1.29, 1.82) is 0 Å². The fraction of sp³-hybridized carbons (Fsp3) is 0.588. The zero-order chi connectivity index (χ0) is 19.6. The van der Waals surface area contributed by atoms with E-state index in [1.54, 1.807) is 10.5 Å².